The molecule has 0 atom stereocenters. The van der Waals surface area contributed by atoms with Gasteiger partial charge < -0.3 is 10.2 Å². The van der Waals surface area contributed by atoms with E-state index in [9.17, 15) is 22.8 Å². The molecule has 0 radical (unpaired) electrons. The predicted octanol–water partition coefficient (Wildman–Crippen LogP) is 5.61. The molecule has 5 rings (SSSR count). The smallest absolute Gasteiger partial charge is 0.293 e. The van der Waals surface area contributed by atoms with Crippen LogP contribution in [0.4, 0.5) is 10.5 Å². The second-order valence-corrected chi connectivity index (χ2v) is 15.2. The van der Waals surface area contributed by atoms with Gasteiger partial charge in [-0.05, 0) is 64.7 Å². The number of para-hydroxylation sites is 1. The number of piperazine rings is 1. The summed E-state index contributed by atoms with van der Waals surface area (Å²) in [6, 6.07) is 21.7. The van der Waals surface area contributed by atoms with Crippen LogP contribution in [0.3, 0.4) is 0 Å². The maximum absolute atomic E-state index is 13.4. The van der Waals surface area contributed by atoms with Crippen molar-refractivity contribution in [2.24, 2.45) is 0 Å². The van der Waals surface area contributed by atoms with Crippen molar-refractivity contribution in [3.63, 3.8) is 0 Å². The molecule has 3 amide bonds. The van der Waals surface area contributed by atoms with Crippen molar-refractivity contribution in [2.75, 3.05) is 44.2 Å². The van der Waals surface area contributed by atoms with E-state index in [1.807, 2.05) is 54.6 Å². The summed E-state index contributed by atoms with van der Waals surface area (Å²) in [6.07, 6.45) is 1.68. The second kappa shape index (κ2) is 13.4. The number of anilines is 1. The number of carbonyl (C=O) groups excluding carboxylic acids is 3. The molecule has 2 aliphatic heterocycles. The number of carbonyl (C=O) groups is 3. The van der Waals surface area contributed by atoms with Crippen LogP contribution in [0.5, 0.6) is 0 Å². The Morgan fingerprint density at radius 1 is 0.956 bits per heavy atom. The standard InChI is InChI=1S/C33H35ClN4O5S2/c1-33(2,3)24-11-9-23(10-12-24)21-29-31(40)38(32(41)44-29)16-15-35-30(39)27-22-26(13-14-28(27)34)45(42,43)37-19-17-36(18-20-37)25-7-5-4-6-8-25/h4-14,21-22H,15-20H2,1-3H3,(H,35,39). The van der Waals surface area contributed by atoms with Crippen molar-refractivity contribution in [2.45, 2.75) is 31.1 Å². The minimum atomic E-state index is -3.87. The van der Waals surface area contributed by atoms with Crippen LogP contribution in [0.2, 0.25) is 5.02 Å². The van der Waals surface area contributed by atoms with Crippen LogP contribution in [0, 0.1) is 0 Å². The van der Waals surface area contributed by atoms with Crippen LogP contribution in [0.15, 0.2) is 82.6 Å². The van der Waals surface area contributed by atoms with Crippen molar-refractivity contribution in [3.05, 3.63) is 99.4 Å². The number of nitrogens with zero attached hydrogens (tertiary/aromatic N) is 3. The maximum Gasteiger partial charge on any atom is 0.293 e. The Hall–Kier alpha value is -3.64. The zero-order chi connectivity index (χ0) is 32.4. The highest BCUT2D eigenvalue weighted by molar-refractivity contribution is 8.18. The van der Waals surface area contributed by atoms with E-state index in [4.69, 9.17) is 11.6 Å². The summed E-state index contributed by atoms with van der Waals surface area (Å²) < 4.78 is 28.3. The van der Waals surface area contributed by atoms with Gasteiger partial charge in [-0.1, -0.05) is 74.8 Å². The lowest BCUT2D eigenvalue weighted by Crippen LogP contribution is -2.48. The Morgan fingerprint density at radius 3 is 2.27 bits per heavy atom. The van der Waals surface area contributed by atoms with Crippen molar-refractivity contribution in [1.29, 1.82) is 0 Å². The summed E-state index contributed by atoms with van der Waals surface area (Å²) in [6.45, 7) is 7.96. The van der Waals surface area contributed by atoms with Crippen LogP contribution in [0.1, 0.15) is 42.3 Å². The maximum atomic E-state index is 13.4. The van der Waals surface area contributed by atoms with E-state index in [1.54, 1.807) is 6.08 Å². The molecule has 12 heteroatoms. The van der Waals surface area contributed by atoms with Gasteiger partial charge in [-0.2, -0.15) is 4.31 Å². The van der Waals surface area contributed by atoms with E-state index in [0.29, 0.717) is 31.1 Å². The largest absolute Gasteiger partial charge is 0.369 e. The molecular weight excluding hydrogens is 632 g/mol. The zero-order valence-electron chi connectivity index (χ0n) is 25.3. The van der Waals surface area contributed by atoms with Gasteiger partial charge in [0.2, 0.25) is 10.0 Å². The summed E-state index contributed by atoms with van der Waals surface area (Å²) in [5.41, 5.74) is 3.00. The number of amides is 3. The van der Waals surface area contributed by atoms with E-state index < -0.39 is 27.1 Å². The summed E-state index contributed by atoms with van der Waals surface area (Å²) >= 11 is 7.14. The molecule has 1 N–H and O–H groups in total. The number of benzene rings is 3. The van der Waals surface area contributed by atoms with Gasteiger partial charge in [0.05, 0.1) is 20.4 Å². The molecule has 2 saturated heterocycles. The van der Waals surface area contributed by atoms with E-state index in [2.05, 4.69) is 31.0 Å². The Bertz CT molecular complexity index is 1730. The van der Waals surface area contributed by atoms with Crippen molar-refractivity contribution < 1.29 is 22.8 Å². The molecule has 0 unspecified atom stereocenters. The number of thioether (sulfide) groups is 1. The van der Waals surface area contributed by atoms with E-state index >= 15 is 0 Å². The first kappa shape index (κ1) is 32.7. The highest BCUT2D eigenvalue weighted by Gasteiger charge is 2.35. The monoisotopic (exact) mass is 666 g/mol. The molecule has 0 aliphatic carbocycles. The average molecular weight is 667 g/mol. The molecule has 3 aromatic rings. The van der Waals surface area contributed by atoms with E-state index in [1.165, 1.54) is 22.5 Å². The fourth-order valence-corrected chi connectivity index (χ4v) is 7.63. The van der Waals surface area contributed by atoms with Gasteiger partial charge in [0.1, 0.15) is 0 Å². The quantitative estimate of drug-likeness (QED) is 0.311. The molecular formula is C33H35ClN4O5S2. The van der Waals surface area contributed by atoms with Crippen molar-refractivity contribution >= 4 is 62.2 Å². The van der Waals surface area contributed by atoms with Crippen LogP contribution < -0.4 is 10.2 Å². The van der Waals surface area contributed by atoms with Gasteiger partial charge in [0.25, 0.3) is 17.1 Å². The fourth-order valence-electron chi connectivity index (χ4n) is 5.11. The summed E-state index contributed by atoms with van der Waals surface area (Å²) in [5.74, 6) is -1.04. The predicted molar refractivity (Wildman–Crippen MR) is 179 cm³/mol. The lowest BCUT2D eigenvalue weighted by molar-refractivity contribution is -0.122. The molecule has 0 saturated carbocycles. The Morgan fingerprint density at radius 2 is 1.62 bits per heavy atom. The van der Waals surface area contributed by atoms with Gasteiger partial charge in [-0.3, -0.25) is 19.3 Å². The zero-order valence-corrected chi connectivity index (χ0v) is 27.7. The molecule has 45 heavy (non-hydrogen) atoms. The average Bonchev–Trinajstić information content (AvgIpc) is 3.28. The number of hydrogen-bond acceptors (Lipinski definition) is 7. The van der Waals surface area contributed by atoms with Gasteiger partial charge in [0.15, 0.2) is 0 Å². The van der Waals surface area contributed by atoms with Crippen molar-refractivity contribution in [3.8, 4) is 0 Å². The molecule has 2 heterocycles. The summed E-state index contributed by atoms with van der Waals surface area (Å²) in [5, 5.41) is 2.33. The van der Waals surface area contributed by atoms with Crippen LogP contribution in [0.25, 0.3) is 6.08 Å². The SMILES string of the molecule is CC(C)(C)c1ccc(C=C2SC(=O)N(CCNC(=O)c3cc(S(=O)(=O)N4CCN(c5ccccc5)CC4)ccc3Cl)C2=O)cc1. The molecule has 0 aromatic heterocycles. The number of rotatable bonds is 8. The van der Waals surface area contributed by atoms with Crippen LogP contribution in [-0.4, -0.2) is 73.9 Å². The molecule has 0 bridgehead atoms. The number of halogens is 1. The molecule has 236 valence electrons. The normalized spacial score (nSPS) is 17.3. The second-order valence-electron chi connectivity index (χ2n) is 11.8. The third-order valence-corrected chi connectivity index (χ3v) is 10.9. The minimum absolute atomic E-state index is 0.000783. The highest BCUT2D eigenvalue weighted by Crippen LogP contribution is 2.32. The van der Waals surface area contributed by atoms with Gasteiger partial charge in [-0.15, -0.1) is 0 Å². The highest BCUT2D eigenvalue weighted by atomic mass is 35.5. The number of sulfonamides is 1. The molecule has 9 nitrogen and oxygen atoms in total. The van der Waals surface area contributed by atoms with E-state index in [0.717, 1.165) is 33.5 Å². The third kappa shape index (κ3) is 7.44. The molecule has 0 spiro atoms. The lowest BCUT2D eigenvalue weighted by atomic mass is 9.87. The van der Waals surface area contributed by atoms with Gasteiger partial charge in [-0.25, -0.2) is 8.42 Å². The Labute approximate surface area is 273 Å². The lowest BCUT2D eigenvalue weighted by Gasteiger charge is -2.35. The first-order valence-corrected chi connectivity index (χ1v) is 17.2. The van der Waals surface area contributed by atoms with E-state index in [-0.39, 0.29) is 34.0 Å². The molecule has 3 aromatic carbocycles. The minimum Gasteiger partial charge on any atom is -0.369 e. The molecule has 2 aliphatic rings. The first-order valence-electron chi connectivity index (χ1n) is 14.6. The summed E-state index contributed by atoms with van der Waals surface area (Å²) in [7, 11) is -3.87. The van der Waals surface area contributed by atoms with Crippen LogP contribution >= 0.6 is 23.4 Å². The van der Waals surface area contributed by atoms with Gasteiger partial charge >= 0.3 is 0 Å². The first-order chi connectivity index (χ1) is 21.3. The topological polar surface area (TPSA) is 107 Å². The number of imide groups is 1. The Kier molecular flexibility index (Phi) is 9.74. The van der Waals surface area contributed by atoms with Crippen LogP contribution in [-0.2, 0) is 20.2 Å². The number of hydrogen-bond donors (Lipinski definition) is 1. The number of nitrogens with one attached hydrogen (secondary N) is 1. The summed E-state index contributed by atoms with van der Waals surface area (Å²) in [4.78, 5) is 42.1. The molecule has 2 fully saturated rings. The van der Waals surface area contributed by atoms with Crippen molar-refractivity contribution in [1.82, 2.24) is 14.5 Å². The fraction of sp³-hybridized carbons (Fsp3) is 0.303. The third-order valence-electron chi connectivity index (χ3n) is 7.75. The Balaban J connectivity index is 1.19. The van der Waals surface area contributed by atoms with Gasteiger partial charge in [0, 0.05) is 45.0 Å².